The van der Waals surface area contributed by atoms with Crippen LogP contribution in [0, 0.1) is 0 Å². The first kappa shape index (κ1) is 11.7. The van der Waals surface area contributed by atoms with E-state index in [0.29, 0.717) is 12.0 Å². The summed E-state index contributed by atoms with van der Waals surface area (Å²) in [6.45, 7) is 0. The van der Waals surface area contributed by atoms with Gasteiger partial charge >= 0.3 is 5.97 Å². The lowest BCUT2D eigenvalue weighted by molar-refractivity contribution is -0.136. The first-order valence-electron chi connectivity index (χ1n) is 4.00. The largest absolute Gasteiger partial charge is 0.465 e. The Bertz CT molecular complexity index is 279. The fraction of sp³-hybridized carbons (Fsp3) is 0.444. The molecule has 4 nitrogen and oxygen atoms in total. The van der Waals surface area contributed by atoms with Crippen molar-refractivity contribution in [3.63, 3.8) is 0 Å². The summed E-state index contributed by atoms with van der Waals surface area (Å²) < 4.78 is 14.9. The van der Waals surface area contributed by atoms with Crippen LogP contribution in [0.5, 0.6) is 0 Å². The molecular weight excluding hydrogens is 299 g/mol. The number of ether oxygens (including phenoxy) is 2. The van der Waals surface area contributed by atoms with E-state index in [-0.39, 0.29) is 5.97 Å². The average Bonchev–Trinajstić information content (AvgIpc) is 2.28. The Kier molecular flexibility index (Phi) is 4.09. The molecule has 0 aromatic carbocycles. The molecule has 78 valence electrons. The molecule has 1 rings (SSSR count). The van der Waals surface area contributed by atoms with E-state index in [1.165, 1.54) is 7.11 Å². The highest BCUT2D eigenvalue weighted by Gasteiger charge is 2.29. The Morgan fingerprint density at radius 2 is 2.29 bits per heavy atom. The van der Waals surface area contributed by atoms with Crippen molar-refractivity contribution in [1.82, 2.24) is 0 Å². The van der Waals surface area contributed by atoms with Crippen LogP contribution in [-0.4, -0.2) is 26.0 Å². The topological polar surface area (TPSA) is 44.8 Å². The number of carbonyl (C=O) groups is 1. The van der Waals surface area contributed by atoms with Crippen LogP contribution in [0.3, 0.4) is 0 Å². The molecule has 0 saturated heterocycles. The van der Waals surface area contributed by atoms with Crippen LogP contribution in [0.4, 0.5) is 0 Å². The van der Waals surface area contributed by atoms with Gasteiger partial charge in [-0.25, -0.2) is 4.79 Å². The molecule has 5 heteroatoms. The second-order valence-corrected chi connectivity index (χ2v) is 3.22. The van der Waals surface area contributed by atoms with Crippen molar-refractivity contribution in [1.29, 1.82) is 0 Å². The number of hydrogen-bond donors (Lipinski definition) is 0. The number of methoxy groups -OCH3 is 2. The molecule has 1 aliphatic rings. The summed E-state index contributed by atoms with van der Waals surface area (Å²) in [5.41, 5.74) is 0.522. The molecule has 0 amide bonds. The van der Waals surface area contributed by atoms with E-state index >= 15 is 0 Å². The Labute approximate surface area is 96.6 Å². The SMILES string of the molecule is COC(=O)C1=CCC(OC)(OI)C=C1. The zero-order valence-electron chi connectivity index (χ0n) is 7.95. The Morgan fingerprint density at radius 1 is 1.57 bits per heavy atom. The van der Waals surface area contributed by atoms with Gasteiger partial charge in [-0.15, -0.1) is 0 Å². The minimum atomic E-state index is -0.752. The lowest BCUT2D eigenvalue weighted by Crippen LogP contribution is -2.30. The van der Waals surface area contributed by atoms with Crippen LogP contribution in [0.15, 0.2) is 23.8 Å². The third kappa shape index (κ3) is 2.34. The number of carbonyl (C=O) groups excluding carboxylic acids is 1. The van der Waals surface area contributed by atoms with Gasteiger partial charge in [-0.1, -0.05) is 6.08 Å². The summed E-state index contributed by atoms with van der Waals surface area (Å²) in [7, 11) is 2.91. The molecule has 1 atom stereocenters. The number of esters is 1. The van der Waals surface area contributed by atoms with Gasteiger partial charge in [0.15, 0.2) is 0 Å². The highest BCUT2D eigenvalue weighted by Crippen LogP contribution is 2.28. The molecular formula is C9H11IO4. The molecule has 14 heavy (non-hydrogen) atoms. The monoisotopic (exact) mass is 310 g/mol. The number of hydrogen-bond acceptors (Lipinski definition) is 4. The van der Waals surface area contributed by atoms with Crippen LogP contribution in [0.1, 0.15) is 6.42 Å². The molecule has 0 fully saturated rings. The second kappa shape index (κ2) is 4.90. The highest BCUT2D eigenvalue weighted by molar-refractivity contribution is 14.1. The summed E-state index contributed by atoms with van der Waals surface area (Å²) in [4.78, 5) is 11.1. The van der Waals surface area contributed by atoms with E-state index in [1.54, 1.807) is 48.3 Å². The average molecular weight is 310 g/mol. The van der Waals surface area contributed by atoms with Crippen molar-refractivity contribution in [2.75, 3.05) is 14.2 Å². The molecule has 1 aliphatic carbocycles. The Morgan fingerprint density at radius 3 is 2.64 bits per heavy atom. The van der Waals surface area contributed by atoms with Crippen molar-refractivity contribution < 1.29 is 17.3 Å². The van der Waals surface area contributed by atoms with Crippen LogP contribution >= 0.6 is 23.0 Å². The maximum atomic E-state index is 11.1. The summed E-state index contributed by atoms with van der Waals surface area (Å²) >= 11 is 1.77. The summed E-state index contributed by atoms with van der Waals surface area (Å²) in [6, 6.07) is 0. The van der Waals surface area contributed by atoms with Gasteiger partial charge in [-0.3, -0.25) is 3.07 Å². The van der Waals surface area contributed by atoms with Gasteiger partial charge in [-0.05, 0) is 12.2 Å². The van der Waals surface area contributed by atoms with Crippen LogP contribution in [0.25, 0.3) is 0 Å². The maximum absolute atomic E-state index is 11.1. The minimum absolute atomic E-state index is 0.348. The first-order chi connectivity index (χ1) is 6.67. The summed E-state index contributed by atoms with van der Waals surface area (Å²) in [5, 5.41) is 0. The summed E-state index contributed by atoms with van der Waals surface area (Å²) in [5.74, 6) is -1.10. The normalized spacial score (nSPS) is 25.8. The molecule has 0 aromatic heterocycles. The molecule has 0 spiro atoms. The molecule has 0 radical (unpaired) electrons. The van der Waals surface area contributed by atoms with E-state index in [0.717, 1.165) is 0 Å². The number of rotatable bonds is 3. The standard InChI is InChI=1S/C9H11IO4/c1-12-8(11)7-3-5-9(13-2,14-10)6-4-7/h3-5H,6H2,1-2H3. The lowest BCUT2D eigenvalue weighted by atomic mass is 10.0. The van der Waals surface area contributed by atoms with Gasteiger partial charge in [0.1, 0.15) is 23.0 Å². The van der Waals surface area contributed by atoms with E-state index in [9.17, 15) is 4.79 Å². The highest BCUT2D eigenvalue weighted by atomic mass is 127. The van der Waals surface area contributed by atoms with Gasteiger partial charge in [0, 0.05) is 13.5 Å². The lowest BCUT2D eigenvalue weighted by Gasteiger charge is -2.27. The molecule has 0 bridgehead atoms. The maximum Gasteiger partial charge on any atom is 0.337 e. The van der Waals surface area contributed by atoms with Crippen LogP contribution in [0.2, 0.25) is 0 Å². The fourth-order valence-electron chi connectivity index (χ4n) is 1.11. The predicted molar refractivity (Wildman–Crippen MR) is 58.7 cm³/mol. The summed E-state index contributed by atoms with van der Waals surface area (Å²) in [6.07, 6.45) is 5.56. The van der Waals surface area contributed by atoms with Gasteiger partial charge in [0.25, 0.3) is 0 Å². The first-order valence-corrected chi connectivity index (χ1v) is 4.88. The third-order valence-electron chi connectivity index (χ3n) is 2.02. The Balaban J connectivity index is 2.74. The molecule has 0 aromatic rings. The van der Waals surface area contributed by atoms with Gasteiger partial charge in [0.2, 0.25) is 5.79 Å². The van der Waals surface area contributed by atoms with E-state index in [1.807, 2.05) is 0 Å². The quantitative estimate of drug-likeness (QED) is 0.453. The molecule has 0 aliphatic heterocycles. The van der Waals surface area contributed by atoms with Crippen LogP contribution in [-0.2, 0) is 17.3 Å². The van der Waals surface area contributed by atoms with Crippen molar-refractivity contribution in [3.05, 3.63) is 23.8 Å². The zero-order chi connectivity index (χ0) is 10.6. The molecule has 0 saturated carbocycles. The second-order valence-electron chi connectivity index (χ2n) is 2.78. The fourth-order valence-corrected chi connectivity index (χ4v) is 1.62. The van der Waals surface area contributed by atoms with Crippen LogP contribution < -0.4 is 0 Å². The molecule has 1 unspecified atom stereocenters. The van der Waals surface area contributed by atoms with Crippen molar-refractivity contribution in [2.45, 2.75) is 12.2 Å². The third-order valence-corrected chi connectivity index (χ3v) is 2.77. The smallest absolute Gasteiger partial charge is 0.337 e. The van der Waals surface area contributed by atoms with Crippen molar-refractivity contribution >= 4 is 29.0 Å². The molecule has 0 heterocycles. The van der Waals surface area contributed by atoms with E-state index < -0.39 is 5.79 Å². The van der Waals surface area contributed by atoms with Crippen molar-refractivity contribution in [2.24, 2.45) is 0 Å². The Hall–Kier alpha value is -0.400. The minimum Gasteiger partial charge on any atom is -0.465 e. The van der Waals surface area contributed by atoms with Gasteiger partial charge < -0.3 is 9.47 Å². The van der Waals surface area contributed by atoms with Gasteiger partial charge in [0.05, 0.1) is 12.7 Å². The number of halogens is 1. The van der Waals surface area contributed by atoms with E-state index in [4.69, 9.17) is 7.80 Å². The predicted octanol–water partition coefficient (Wildman–Crippen LogP) is 1.75. The van der Waals surface area contributed by atoms with Gasteiger partial charge in [-0.2, -0.15) is 0 Å². The molecule has 0 N–H and O–H groups in total. The zero-order valence-corrected chi connectivity index (χ0v) is 10.1. The van der Waals surface area contributed by atoms with Crippen molar-refractivity contribution in [3.8, 4) is 0 Å². The van der Waals surface area contributed by atoms with E-state index in [2.05, 4.69) is 4.74 Å².